The number of anilines is 1. The van der Waals surface area contributed by atoms with E-state index < -0.39 is 5.97 Å². The minimum absolute atomic E-state index is 0.198. The highest BCUT2D eigenvalue weighted by Gasteiger charge is 2.25. The topological polar surface area (TPSA) is 62.4 Å². The van der Waals surface area contributed by atoms with Gasteiger partial charge in [0.2, 0.25) is 0 Å². The fourth-order valence-corrected chi connectivity index (χ4v) is 3.14. The molecule has 0 aliphatic heterocycles. The van der Waals surface area contributed by atoms with Crippen molar-refractivity contribution in [3.05, 3.63) is 65.0 Å². The molecule has 134 valence electrons. The summed E-state index contributed by atoms with van der Waals surface area (Å²) in [4.78, 5) is 29.8. The van der Waals surface area contributed by atoms with E-state index in [9.17, 15) is 9.59 Å². The number of benzene rings is 2. The van der Waals surface area contributed by atoms with Crippen LogP contribution in [0, 0.1) is 13.8 Å². The van der Waals surface area contributed by atoms with Gasteiger partial charge in [0.05, 0.1) is 12.2 Å². The summed E-state index contributed by atoms with van der Waals surface area (Å²) in [6, 6.07) is 13.9. The number of carbonyl (C=O) groups is 2. The quantitative estimate of drug-likeness (QED) is 0.716. The lowest BCUT2D eigenvalue weighted by molar-refractivity contribution is 0.0525. The minimum atomic E-state index is -0.411. The normalized spacial score (nSPS) is 10.8. The molecule has 0 atom stereocenters. The predicted octanol–water partition coefficient (Wildman–Crippen LogP) is 4.24. The van der Waals surface area contributed by atoms with Crippen molar-refractivity contribution >= 4 is 28.3 Å². The number of amides is 1. The first-order valence-electron chi connectivity index (χ1n) is 8.57. The number of carbonyl (C=O) groups excluding carboxylic acids is 2. The zero-order valence-corrected chi connectivity index (χ0v) is 15.4. The van der Waals surface area contributed by atoms with Crippen LogP contribution in [0.25, 0.3) is 10.8 Å². The molecular formula is C21H22N2O3. The molecule has 5 heteroatoms. The molecule has 26 heavy (non-hydrogen) atoms. The van der Waals surface area contributed by atoms with Crippen molar-refractivity contribution in [1.82, 2.24) is 4.98 Å². The molecule has 1 heterocycles. The molecule has 0 saturated carbocycles. The van der Waals surface area contributed by atoms with E-state index >= 15 is 0 Å². The van der Waals surface area contributed by atoms with Crippen molar-refractivity contribution in [2.75, 3.05) is 18.6 Å². The van der Waals surface area contributed by atoms with E-state index in [1.54, 1.807) is 32.7 Å². The molecular weight excluding hydrogens is 328 g/mol. The maximum atomic E-state index is 13.0. The van der Waals surface area contributed by atoms with Gasteiger partial charge >= 0.3 is 5.97 Å². The average Bonchev–Trinajstić information content (AvgIpc) is 2.94. The third-order valence-corrected chi connectivity index (χ3v) is 4.56. The minimum Gasteiger partial charge on any atom is -0.462 e. The number of rotatable bonds is 4. The van der Waals surface area contributed by atoms with Gasteiger partial charge in [-0.05, 0) is 49.2 Å². The highest BCUT2D eigenvalue weighted by Crippen LogP contribution is 2.25. The summed E-state index contributed by atoms with van der Waals surface area (Å²) in [5.74, 6) is -0.609. The van der Waals surface area contributed by atoms with Crippen LogP contribution in [0.2, 0.25) is 0 Å². The number of ether oxygens (including phenoxy) is 1. The second-order valence-corrected chi connectivity index (χ2v) is 6.24. The van der Waals surface area contributed by atoms with Gasteiger partial charge in [-0.25, -0.2) is 4.79 Å². The summed E-state index contributed by atoms with van der Waals surface area (Å²) in [6.45, 7) is 5.58. The van der Waals surface area contributed by atoms with Crippen LogP contribution in [0.5, 0.6) is 0 Å². The lowest BCUT2D eigenvalue weighted by atomic mass is 10.1. The van der Waals surface area contributed by atoms with Gasteiger partial charge < -0.3 is 14.6 Å². The van der Waals surface area contributed by atoms with Gasteiger partial charge in [-0.15, -0.1) is 0 Å². The molecule has 1 N–H and O–H groups in total. The van der Waals surface area contributed by atoms with Crippen LogP contribution in [0.1, 0.15) is 39.0 Å². The van der Waals surface area contributed by atoms with Crippen molar-refractivity contribution in [3.63, 3.8) is 0 Å². The van der Waals surface area contributed by atoms with Crippen molar-refractivity contribution in [2.45, 2.75) is 20.8 Å². The largest absolute Gasteiger partial charge is 0.462 e. The smallest absolute Gasteiger partial charge is 0.340 e. The number of H-pyrrole nitrogens is 1. The third-order valence-electron chi connectivity index (χ3n) is 4.56. The van der Waals surface area contributed by atoms with Crippen LogP contribution in [-0.4, -0.2) is 30.5 Å². The molecule has 0 unspecified atom stereocenters. The highest BCUT2D eigenvalue weighted by atomic mass is 16.5. The Morgan fingerprint density at radius 2 is 1.77 bits per heavy atom. The molecule has 3 aromatic rings. The lowest BCUT2D eigenvalue weighted by Gasteiger charge is -2.18. The number of nitrogens with zero attached hydrogens (tertiary/aromatic N) is 1. The van der Waals surface area contributed by atoms with E-state index in [0.717, 1.165) is 16.5 Å². The zero-order chi connectivity index (χ0) is 18.8. The molecule has 0 fully saturated rings. The second kappa shape index (κ2) is 7.04. The second-order valence-electron chi connectivity index (χ2n) is 6.24. The molecule has 0 aliphatic rings. The van der Waals surface area contributed by atoms with Crippen molar-refractivity contribution < 1.29 is 14.3 Å². The van der Waals surface area contributed by atoms with Gasteiger partial charge in [0.1, 0.15) is 5.69 Å². The van der Waals surface area contributed by atoms with E-state index in [-0.39, 0.29) is 5.91 Å². The SMILES string of the molecule is CCOC(=O)c1c(C)[nH]c(C(=O)N(C)c2ccc3ccccc3c2)c1C. The lowest BCUT2D eigenvalue weighted by Crippen LogP contribution is -2.27. The number of nitrogens with one attached hydrogen (secondary N) is 1. The molecule has 2 aromatic carbocycles. The Kier molecular flexibility index (Phi) is 4.80. The molecule has 1 amide bonds. The number of hydrogen-bond donors (Lipinski definition) is 1. The summed E-state index contributed by atoms with van der Waals surface area (Å²) in [5.41, 5.74) is 2.87. The molecule has 0 spiro atoms. The van der Waals surface area contributed by atoms with E-state index in [2.05, 4.69) is 4.98 Å². The molecule has 5 nitrogen and oxygen atoms in total. The number of fused-ring (bicyclic) bond motifs is 1. The Hall–Kier alpha value is -3.08. The molecule has 1 aromatic heterocycles. The molecule has 0 radical (unpaired) electrons. The number of aromatic nitrogens is 1. The molecule has 3 rings (SSSR count). The van der Waals surface area contributed by atoms with Crippen LogP contribution in [-0.2, 0) is 4.74 Å². The van der Waals surface area contributed by atoms with E-state index in [4.69, 9.17) is 4.74 Å². The molecule has 0 aliphatic carbocycles. The Bertz CT molecular complexity index is 988. The van der Waals surface area contributed by atoms with Crippen molar-refractivity contribution in [3.8, 4) is 0 Å². The van der Waals surface area contributed by atoms with E-state index in [1.807, 2.05) is 42.5 Å². The highest BCUT2D eigenvalue weighted by molar-refractivity contribution is 6.08. The molecule has 0 bridgehead atoms. The molecule has 0 saturated heterocycles. The third kappa shape index (κ3) is 3.08. The zero-order valence-electron chi connectivity index (χ0n) is 15.4. The van der Waals surface area contributed by atoms with Gasteiger partial charge in [0.15, 0.2) is 0 Å². The van der Waals surface area contributed by atoms with E-state index in [1.165, 1.54) is 0 Å². The number of aryl methyl sites for hydroxylation is 1. The number of aromatic amines is 1. The number of esters is 1. The first-order chi connectivity index (χ1) is 12.4. The van der Waals surface area contributed by atoms with Gasteiger partial charge in [-0.2, -0.15) is 0 Å². The van der Waals surface area contributed by atoms with Crippen LogP contribution in [0.15, 0.2) is 42.5 Å². The average molecular weight is 350 g/mol. The van der Waals surface area contributed by atoms with Gasteiger partial charge in [0.25, 0.3) is 5.91 Å². The van der Waals surface area contributed by atoms with E-state index in [0.29, 0.717) is 29.1 Å². The Labute approximate surface area is 152 Å². The van der Waals surface area contributed by atoms with Crippen molar-refractivity contribution in [2.24, 2.45) is 0 Å². The summed E-state index contributed by atoms with van der Waals surface area (Å²) in [6.07, 6.45) is 0. The Morgan fingerprint density at radius 3 is 2.46 bits per heavy atom. The fraction of sp³-hybridized carbons (Fsp3) is 0.238. The maximum absolute atomic E-state index is 13.0. The van der Waals surface area contributed by atoms with Gasteiger partial charge in [-0.1, -0.05) is 30.3 Å². The van der Waals surface area contributed by atoms with Crippen LogP contribution in [0.3, 0.4) is 0 Å². The first-order valence-corrected chi connectivity index (χ1v) is 8.57. The summed E-state index contributed by atoms with van der Waals surface area (Å²) >= 11 is 0. The van der Waals surface area contributed by atoms with Crippen LogP contribution < -0.4 is 4.90 Å². The standard InChI is InChI=1S/C21H22N2O3/c1-5-26-21(25)18-13(2)19(22-14(18)3)20(24)23(4)17-11-10-15-8-6-7-9-16(15)12-17/h6-12,22H,5H2,1-4H3. The summed E-state index contributed by atoms with van der Waals surface area (Å²) in [7, 11) is 1.73. The van der Waals surface area contributed by atoms with Crippen LogP contribution in [0.4, 0.5) is 5.69 Å². The van der Waals surface area contributed by atoms with Gasteiger partial charge in [-0.3, -0.25) is 4.79 Å². The maximum Gasteiger partial charge on any atom is 0.340 e. The predicted molar refractivity (Wildman–Crippen MR) is 103 cm³/mol. The fourth-order valence-electron chi connectivity index (χ4n) is 3.14. The van der Waals surface area contributed by atoms with Crippen molar-refractivity contribution in [1.29, 1.82) is 0 Å². The summed E-state index contributed by atoms with van der Waals surface area (Å²) in [5, 5.41) is 2.19. The number of hydrogen-bond acceptors (Lipinski definition) is 3. The van der Waals surface area contributed by atoms with Crippen LogP contribution >= 0.6 is 0 Å². The Balaban J connectivity index is 1.95. The monoisotopic (exact) mass is 350 g/mol. The van der Waals surface area contributed by atoms with Gasteiger partial charge in [0, 0.05) is 18.4 Å². The Morgan fingerprint density at radius 1 is 1.08 bits per heavy atom. The first kappa shape index (κ1) is 17.7. The summed E-state index contributed by atoms with van der Waals surface area (Å²) < 4.78 is 5.09.